The quantitative estimate of drug-likeness (QED) is 0.354. The normalized spacial score (nSPS) is 22.4. The topological polar surface area (TPSA) is 20.2 Å². The molecule has 3 aliphatic carbocycles. The number of allylic oxidation sites excluding steroid dienone is 5. The first kappa shape index (κ1) is 27.2. The summed E-state index contributed by atoms with van der Waals surface area (Å²) >= 11 is 0. The van der Waals surface area contributed by atoms with Crippen molar-refractivity contribution in [3.05, 3.63) is 40.2 Å². The molecular weight excluding hydrogens is 388 g/mol. The van der Waals surface area contributed by atoms with Gasteiger partial charge in [-0.3, -0.25) is 0 Å². The fourth-order valence-electron chi connectivity index (χ4n) is 6.25. The number of rotatable bonds is 9. The van der Waals surface area contributed by atoms with Gasteiger partial charge < -0.3 is 5.11 Å². The van der Waals surface area contributed by atoms with Crippen molar-refractivity contribution in [2.75, 3.05) is 6.61 Å². The average Bonchev–Trinajstić information content (AvgIpc) is 3.05. The molecule has 3 rings (SSSR count). The molecule has 2 saturated carbocycles. The van der Waals surface area contributed by atoms with Crippen molar-refractivity contribution in [3.8, 4) is 0 Å². The number of hydrogen-bond donors (Lipinski definition) is 1. The van der Waals surface area contributed by atoms with Gasteiger partial charge >= 0.3 is 0 Å². The Labute approximate surface area is 200 Å². The highest BCUT2D eigenvalue weighted by atomic mass is 16.3. The van der Waals surface area contributed by atoms with Gasteiger partial charge in [0, 0.05) is 12.2 Å². The van der Waals surface area contributed by atoms with E-state index in [0.717, 1.165) is 12.3 Å². The molecule has 0 bridgehead atoms. The van der Waals surface area contributed by atoms with Gasteiger partial charge in [-0.05, 0) is 91.4 Å². The molecule has 2 atom stereocenters. The molecule has 0 aromatic heterocycles. The van der Waals surface area contributed by atoms with E-state index in [1.807, 2.05) is 13.8 Å². The lowest BCUT2D eigenvalue weighted by molar-refractivity contribution is 0.270. The Morgan fingerprint density at radius 1 is 0.906 bits per heavy atom. The Morgan fingerprint density at radius 3 is 2.03 bits per heavy atom. The van der Waals surface area contributed by atoms with Crippen LogP contribution in [0.5, 0.6) is 0 Å². The molecule has 0 saturated heterocycles. The van der Waals surface area contributed by atoms with Crippen LogP contribution in [0.4, 0.5) is 0 Å². The molecule has 0 heterocycles. The maximum Gasteiger partial charge on any atom is 0.0436 e. The van der Waals surface area contributed by atoms with Crippen LogP contribution in [0.15, 0.2) is 40.2 Å². The van der Waals surface area contributed by atoms with E-state index < -0.39 is 0 Å². The molecule has 32 heavy (non-hydrogen) atoms. The van der Waals surface area contributed by atoms with Gasteiger partial charge in [0.1, 0.15) is 0 Å². The summed E-state index contributed by atoms with van der Waals surface area (Å²) in [5.74, 6) is 2.44. The van der Waals surface area contributed by atoms with Gasteiger partial charge in [0.15, 0.2) is 0 Å². The van der Waals surface area contributed by atoms with Crippen LogP contribution >= 0.6 is 0 Å². The van der Waals surface area contributed by atoms with Crippen molar-refractivity contribution in [2.45, 2.75) is 125 Å². The molecule has 0 aromatic rings. The van der Waals surface area contributed by atoms with Gasteiger partial charge in [-0.1, -0.05) is 85.6 Å². The van der Waals surface area contributed by atoms with E-state index in [4.69, 9.17) is 0 Å². The summed E-state index contributed by atoms with van der Waals surface area (Å²) in [6.07, 6.45) is 23.2. The van der Waals surface area contributed by atoms with Crippen LogP contribution in [0.3, 0.4) is 0 Å². The monoisotopic (exact) mass is 440 g/mol. The minimum atomic E-state index is 0.281. The minimum Gasteiger partial charge on any atom is -0.396 e. The Morgan fingerprint density at radius 2 is 1.50 bits per heavy atom. The number of hydrogen-bond acceptors (Lipinski definition) is 1. The summed E-state index contributed by atoms with van der Waals surface area (Å²) in [7, 11) is 0. The first-order chi connectivity index (χ1) is 15.7. The van der Waals surface area contributed by atoms with Gasteiger partial charge in [-0.2, -0.15) is 0 Å². The van der Waals surface area contributed by atoms with Gasteiger partial charge in [0.2, 0.25) is 0 Å². The first-order valence-corrected chi connectivity index (χ1v) is 14.2. The fraction of sp³-hybridized carbons (Fsp3) is 0.774. The van der Waals surface area contributed by atoms with Crippen LogP contribution in [0.25, 0.3) is 0 Å². The van der Waals surface area contributed by atoms with Crippen molar-refractivity contribution in [1.82, 2.24) is 0 Å². The van der Waals surface area contributed by atoms with Crippen molar-refractivity contribution < 1.29 is 5.11 Å². The van der Waals surface area contributed by atoms with Crippen LogP contribution in [0.1, 0.15) is 125 Å². The van der Waals surface area contributed by atoms with Gasteiger partial charge in [0.25, 0.3) is 0 Å². The second-order valence-corrected chi connectivity index (χ2v) is 10.2. The zero-order valence-corrected chi connectivity index (χ0v) is 22.0. The van der Waals surface area contributed by atoms with Crippen molar-refractivity contribution in [3.63, 3.8) is 0 Å². The molecule has 1 nitrogen and oxygen atoms in total. The molecular formula is C31H52O. The highest BCUT2D eigenvalue weighted by Crippen LogP contribution is 2.43. The SMILES string of the molecule is CC.CCCC(CC)C1=C(C(C)CCO)C(C2CCCCC2)=C=CC(C2CCCCC2)=C1. The Balaban J connectivity index is 0.00000176. The van der Waals surface area contributed by atoms with Crippen LogP contribution in [-0.4, -0.2) is 11.7 Å². The molecule has 1 heteroatoms. The lowest BCUT2D eigenvalue weighted by atomic mass is 9.73. The van der Waals surface area contributed by atoms with E-state index in [9.17, 15) is 5.11 Å². The largest absolute Gasteiger partial charge is 0.396 e. The summed E-state index contributed by atoms with van der Waals surface area (Å²) in [4.78, 5) is 0. The molecule has 0 aromatic carbocycles. The summed E-state index contributed by atoms with van der Waals surface area (Å²) in [6.45, 7) is 11.3. The second kappa shape index (κ2) is 15.0. The van der Waals surface area contributed by atoms with E-state index in [1.165, 1.54) is 89.0 Å². The molecule has 2 fully saturated rings. The van der Waals surface area contributed by atoms with Crippen LogP contribution < -0.4 is 0 Å². The summed E-state index contributed by atoms with van der Waals surface area (Å²) in [5.41, 5.74) is 10.2. The lowest BCUT2D eigenvalue weighted by Gasteiger charge is -2.31. The van der Waals surface area contributed by atoms with Gasteiger partial charge in [0.05, 0.1) is 0 Å². The molecule has 0 radical (unpaired) electrons. The smallest absolute Gasteiger partial charge is 0.0436 e. The third kappa shape index (κ3) is 7.23. The lowest BCUT2D eigenvalue weighted by Crippen LogP contribution is -2.18. The highest BCUT2D eigenvalue weighted by Gasteiger charge is 2.29. The first-order valence-electron chi connectivity index (χ1n) is 14.2. The van der Waals surface area contributed by atoms with E-state index in [2.05, 4.69) is 38.7 Å². The van der Waals surface area contributed by atoms with Gasteiger partial charge in [-0.25, -0.2) is 0 Å². The standard InChI is InChI=1S/C29H46O.C2H6/c1-4-12-23(5-2)28-21-26(24-13-8-6-9-14-24)17-18-27(25-15-10-7-11-16-25)29(28)22(3)19-20-30;1-2/h17,21-25,30H,4-16,19-20H2,1-3H3;1-2H3. The Bertz CT molecular complexity index is 661. The molecule has 0 amide bonds. The minimum absolute atomic E-state index is 0.281. The Kier molecular flexibility index (Phi) is 12.7. The second-order valence-electron chi connectivity index (χ2n) is 10.2. The Hall–Kier alpha value is -1.04. The predicted molar refractivity (Wildman–Crippen MR) is 141 cm³/mol. The average molecular weight is 441 g/mol. The van der Waals surface area contributed by atoms with Crippen LogP contribution in [-0.2, 0) is 0 Å². The molecule has 1 N–H and O–H groups in total. The summed E-state index contributed by atoms with van der Waals surface area (Å²) in [6, 6.07) is 0. The number of aliphatic hydroxyl groups excluding tert-OH is 1. The van der Waals surface area contributed by atoms with Crippen molar-refractivity contribution in [2.24, 2.45) is 23.7 Å². The van der Waals surface area contributed by atoms with Crippen molar-refractivity contribution in [1.29, 1.82) is 0 Å². The third-order valence-corrected chi connectivity index (χ3v) is 8.03. The van der Waals surface area contributed by atoms with E-state index in [1.54, 1.807) is 16.7 Å². The number of aliphatic hydroxyl groups is 1. The highest BCUT2D eigenvalue weighted by molar-refractivity contribution is 5.49. The van der Waals surface area contributed by atoms with Crippen LogP contribution in [0.2, 0.25) is 0 Å². The van der Waals surface area contributed by atoms with Crippen LogP contribution in [0, 0.1) is 23.7 Å². The fourth-order valence-corrected chi connectivity index (χ4v) is 6.25. The van der Waals surface area contributed by atoms with Gasteiger partial charge in [-0.15, -0.1) is 5.73 Å². The molecule has 182 valence electrons. The third-order valence-electron chi connectivity index (χ3n) is 8.03. The molecule has 2 unspecified atom stereocenters. The zero-order valence-electron chi connectivity index (χ0n) is 22.0. The predicted octanol–water partition coefficient (Wildman–Crippen LogP) is 9.34. The van der Waals surface area contributed by atoms with Crippen molar-refractivity contribution >= 4 is 0 Å². The van der Waals surface area contributed by atoms with E-state index in [0.29, 0.717) is 17.8 Å². The summed E-state index contributed by atoms with van der Waals surface area (Å²) in [5, 5.41) is 9.80. The maximum atomic E-state index is 9.80. The summed E-state index contributed by atoms with van der Waals surface area (Å²) < 4.78 is 0. The molecule has 3 aliphatic rings. The molecule has 0 aliphatic heterocycles. The molecule has 0 spiro atoms. The van der Waals surface area contributed by atoms with E-state index in [-0.39, 0.29) is 6.61 Å². The van der Waals surface area contributed by atoms with E-state index >= 15 is 0 Å². The zero-order chi connectivity index (χ0) is 23.3. The maximum absolute atomic E-state index is 9.80.